The minimum atomic E-state index is 0.618. The summed E-state index contributed by atoms with van der Waals surface area (Å²) in [6.45, 7) is 0. The summed E-state index contributed by atoms with van der Waals surface area (Å²) in [5.41, 5.74) is 15.1. The Balaban J connectivity index is 1.07. The molecule has 5 nitrogen and oxygen atoms in total. The van der Waals surface area contributed by atoms with Gasteiger partial charge < -0.3 is 8.83 Å². The molecule has 60 heavy (non-hydrogen) atoms. The van der Waals surface area contributed by atoms with Crippen LogP contribution in [0.4, 0.5) is 0 Å². The average Bonchev–Trinajstić information content (AvgIpc) is 3.90. The Morgan fingerprint density at radius 2 is 0.817 bits per heavy atom. The maximum Gasteiger partial charge on any atom is 0.160 e. The van der Waals surface area contributed by atoms with Crippen LogP contribution in [0, 0.1) is 0 Å². The van der Waals surface area contributed by atoms with Crippen molar-refractivity contribution in [3.8, 4) is 67.3 Å². The number of hydrogen-bond donors (Lipinski definition) is 0. The molecule has 0 bridgehead atoms. The largest absolute Gasteiger partial charge is 0.455 e. The zero-order valence-electron chi connectivity index (χ0n) is 32.2. The van der Waals surface area contributed by atoms with E-state index in [2.05, 4.69) is 151 Å². The van der Waals surface area contributed by atoms with Gasteiger partial charge in [-0.15, -0.1) is 0 Å². The van der Waals surface area contributed by atoms with Crippen molar-refractivity contribution in [1.29, 1.82) is 0 Å². The van der Waals surface area contributed by atoms with Crippen LogP contribution in [0.25, 0.3) is 122 Å². The summed E-state index contributed by atoms with van der Waals surface area (Å²) in [6, 6.07) is 67.2. The zero-order valence-corrected chi connectivity index (χ0v) is 32.2. The molecular formula is C55H33N3O2. The highest BCUT2D eigenvalue weighted by Gasteiger charge is 2.19. The van der Waals surface area contributed by atoms with Crippen molar-refractivity contribution in [2.75, 3.05) is 0 Å². The number of rotatable bonds is 6. The third-order valence-corrected chi connectivity index (χ3v) is 11.6. The van der Waals surface area contributed by atoms with E-state index in [4.69, 9.17) is 18.8 Å². The summed E-state index contributed by atoms with van der Waals surface area (Å²) in [7, 11) is 0. The molecule has 0 amide bonds. The first-order valence-electron chi connectivity index (χ1n) is 20.1. The molecule has 0 saturated carbocycles. The Kier molecular flexibility index (Phi) is 7.78. The molecule has 4 aromatic heterocycles. The lowest BCUT2D eigenvalue weighted by Gasteiger charge is -2.14. The predicted octanol–water partition coefficient (Wildman–Crippen LogP) is 14.8. The fraction of sp³-hybridized carbons (Fsp3) is 0. The highest BCUT2D eigenvalue weighted by atomic mass is 16.3. The number of aromatic nitrogens is 3. The Morgan fingerprint density at radius 1 is 0.317 bits per heavy atom. The summed E-state index contributed by atoms with van der Waals surface area (Å²) in [6.07, 6.45) is 1.88. The summed E-state index contributed by atoms with van der Waals surface area (Å²) < 4.78 is 13.2. The second kappa shape index (κ2) is 13.8. The van der Waals surface area contributed by atoms with E-state index in [0.29, 0.717) is 5.82 Å². The van der Waals surface area contributed by atoms with Crippen molar-refractivity contribution in [2.24, 2.45) is 0 Å². The van der Waals surface area contributed by atoms with E-state index in [1.165, 1.54) is 0 Å². The standard InChI is InChI=1S/C55H33N3O2/c1-2-12-35(13-3-1)49-33-50(36-26-24-34(25-27-36)40-28-29-56-48-21-7-4-14-43(40)48)58-55(57-49)39-31-37(41-17-10-19-46-44-15-5-8-22-51(44)59-53(41)46)30-38(32-39)42-18-11-20-47-45-16-6-9-23-52(45)60-54(42)47/h1-33H. The number of hydrogen-bond acceptors (Lipinski definition) is 5. The number of furan rings is 2. The van der Waals surface area contributed by atoms with Crippen LogP contribution in [0.5, 0.6) is 0 Å². The van der Waals surface area contributed by atoms with Gasteiger partial charge in [0.1, 0.15) is 22.3 Å². The lowest BCUT2D eigenvalue weighted by atomic mass is 9.93. The molecule has 280 valence electrons. The van der Waals surface area contributed by atoms with Crippen LogP contribution in [0.3, 0.4) is 0 Å². The van der Waals surface area contributed by atoms with Crippen molar-refractivity contribution < 1.29 is 8.83 Å². The zero-order chi connectivity index (χ0) is 39.6. The van der Waals surface area contributed by atoms with Crippen LogP contribution >= 0.6 is 0 Å². The van der Waals surface area contributed by atoms with E-state index in [1.54, 1.807) is 0 Å². The summed E-state index contributed by atoms with van der Waals surface area (Å²) in [4.78, 5) is 15.2. The first kappa shape index (κ1) is 33.9. The Morgan fingerprint density at radius 3 is 1.45 bits per heavy atom. The van der Waals surface area contributed by atoms with Crippen molar-refractivity contribution in [3.05, 3.63) is 200 Å². The van der Waals surface area contributed by atoms with Crippen molar-refractivity contribution in [2.45, 2.75) is 0 Å². The molecule has 5 heteroatoms. The van der Waals surface area contributed by atoms with Crippen molar-refractivity contribution in [1.82, 2.24) is 15.0 Å². The van der Waals surface area contributed by atoms with Gasteiger partial charge in [0, 0.05) is 60.9 Å². The first-order valence-corrected chi connectivity index (χ1v) is 20.1. The SMILES string of the molecule is c1ccc(-c2cc(-c3ccc(-c4ccnc5ccccc45)cc3)nc(-c3cc(-c4cccc5c4oc4ccccc45)cc(-c4cccc5c4oc4ccccc45)c3)n2)cc1. The van der Waals surface area contributed by atoms with Gasteiger partial charge in [0.25, 0.3) is 0 Å². The molecule has 0 spiro atoms. The molecule has 0 radical (unpaired) electrons. The van der Waals surface area contributed by atoms with E-state index >= 15 is 0 Å². The molecule has 0 fully saturated rings. The predicted molar refractivity (Wildman–Crippen MR) is 245 cm³/mol. The lowest BCUT2D eigenvalue weighted by Crippen LogP contribution is -1.97. The molecule has 4 heterocycles. The van der Waals surface area contributed by atoms with Gasteiger partial charge >= 0.3 is 0 Å². The fourth-order valence-electron chi connectivity index (χ4n) is 8.67. The number of para-hydroxylation sites is 5. The van der Waals surface area contributed by atoms with Crippen molar-refractivity contribution in [3.63, 3.8) is 0 Å². The van der Waals surface area contributed by atoms with Gasteiger partial charge in [-0.05, 0) is 70.8 Å². The lowest BCUT2D eigenvalue weighted by molar-refractivity contribution is 0.670. The average molecular weight is 768 g/mol. The second-order valence-electron chi connectivity index (χ2n) is 15.1. The molecule has 0 aliphatic heterocycles. The first-order chi connectivity index (χ1) is 29.7. The topological polar surface area (TPSA) is 65.0 Å². The van der Waals surface area contributed by atoms with Gasteiger partial charge in [0.15, 0.2) is 5.82 Å². The minimum Gasteiger partial charge on any atom is -0.455 e. The third-order valence-electron chi connectivity index (χ3n) is 11.6. The Labute approximate surface area is 344 Å². The molecular weight excluding hydrogens is 735 g/mol. The normalized spacial score (nSPS) is 11.7. The summed E-state index contributed by atoms with van der Waals surface area (Å²) in [5, 5.41) is 5.44. The highest BCUT2D eigenvalue weighted by molar-refractivity contribution is 6.11. The molecule has 12 aromatic rings. The van der Waals surface area contributed by atoms with Crippen LogP contribution in [0.1, 0.15) is 0 Å². The highest BCUT2D eigenvalue weighted by Crippen LogP contribution is 2.42. The van der Waals surface area contributed by atoms with Crippen LogP contribution in [0.15, 0.2) is 209 Å². The Hall–Kier alpha value is -8.15. The molecule has 0 aliphatic carbocycles. The van der Waals surface area contributed by atoms with E-state index in [1.807, 2.05) is 54.7 Å². The molecule has 0 aliphatic rings. The van der Waals surface area contributed by atoms with Crippen LogP contribution in [-0.2, 0) is 0 Å². The molecule has 0 atom stereocenters. The van der Waals surface area contributed by atoms with Gasteiger partial charge in [-0.2, -0.15) is 0 Å². The van der Waals surface area contributed by atoms with Crippen LogP contribution in [0.2, 0.25) is 0 Å². The molecule has 0 saturated heterocycles. The number of pyridine rings is 1. The Bertz CT molecular complexity index is 3470. The monoisotopic (exact) mass is 767 g/mol. The third kappa shape index (κ3) is 5.67. The van der Waals surface area contributed by atoms with E-state index < -0.39 is 0 Å². The van der Waals surface area contributed by atoms with Gasteiger partial charge in [-0.3, -0.25) is 4.98 Å². The van der Waals surface area contributed by atoms with Crippen molar-refractivity contribution >= 4 is 54.8 Å². The number of fused-ring (bicyclic) bond motifs is 7. The van der Waals surface area contributed by atoms with Crippen LogP contribution < -0.4 is 0 Å². The van der Waals surface area contributed by atoms with E-state index in [-0.39, 0.29) is 0 Å². The van der Waals surface area contributed by atoms with E-state index in [0.717, 1.165) is 116 Å². The van der Waals surface area contributed by atoms with Gasteiger partial charge in [0.05, 0.1) is 16.9 Å². The maximum atomic E-state index is 6.61. The quantitative estimate of drug-likeness (QED) is 0.169. The molecule has 0 unspecified atom stereocenters. The summed E-state index contributed by atoms with van der Waals surface area (Å²) >= 11 is 0. The molecule has 8 aromatic carbocycles. The number of nitrogens with zero attached hydrogens (tertiary/aromatic N) is 3. The fourth-order valence-corrected chi connectivity index (χ4v) is 8.67. The second-order valence-corrected chi connectivity index (χ2v) is 15.1. The molecule has 12 rings (SSSR count). The molecule has 0 N–H and O–H groups in total. The smallest absolute Gasteiger partial charge is 0.160 e. The maximum absolute atomic E-state index is 6.61. The number of benzene rings is 8. The van der Waals surface area contributed by atoms with E-state index in [9.17, 15) is 0 Å². The van der Waals surface area contributed by atoms with Gasteiger partial charge in [-0.1, -0.05) is 146 Å². The van der Waals surface area contributed by atoms with Crippen LogP contribution in [-0.4, -0.2) is 15.0 Å². The minimum absolute atomic E-state index is 0.618. The summed E-state index contributed by atoms with van der Waals surface area (Å²) in [5.74, 6) is 0.618. The van der Waals surface area contributed by atoms with Gasteiger partial charge in [-0.25, -0.2) is 9.97 Å². The van der Waals surface area contributed by atoms with Gasteiger partial charge in [0.2, 0.25) is 0 Å².